The van der Waals surface area contributed by atoms with E-state index < -0.39 is 0 Å². The molecule has 1 amide bonds. The van der Waals surface area contributed by atoms with Gasteiger partial charge in [-0.15, -0.1) is 28.1 Å². The zero-order valence-electron chi connectivity index (χ0n) is 18.2. The van der Waals surface area contributed by atoms with Crippen LogP contribution in [0.25, 0.3) is 11.3 Å². The number of benzene rings is 2. The zero-order valence-corrected chi connectivity index (χ0v) is 20.6. The molecule has 0 spiro atoms. The van der Waals surface area contributed by atoms with Gasteiger partial charge in [-0.3, -0.25) is 4.79 Å². The third-order valence-corrected chi connectivity index (χ3v) is 7.61. The molecule has 0 radical (unpaired) electrons. The molecule has 9 heteroatoms. The zero-order chi connectivity index (χ0) is 23.5. The molecule has 0 bridgehead atoms. The second kappa shape index (κ2) is 10.1. The summed E-state index contributed by atoms with van der Waals surface area (Å²) in [6, 6.07) is 18.0. The Bertz CT molecular complexity index is 1300. The minimum absolute atomic E-state index is 0.134. The third kappa shape index (κ3) is 5.09. The lowest BCUT2D eigenvalue weighted by atomic mass is 10.1. The minimum atomic E-state index is -0.134. The van der Waals surface area contributed by atoms with E-state index in [4.69, 9.17) is 11.6 Å². The van der Waals surface area contributed by atoms with Crippen molar-refractivity contribution >= 4 is 45.7 Å². The number of carbonyl (C=O) groups is 1. The maximum absolute atomic E-state index is 12.6. The number of rotatable bonds is 9. The van der Waals surface area contributed by atoms with E-state index in [1.165, 1.54) is 28.7 Å². The number of nitrogens with one attached hydrogen (secondary N) is 1. The van der Waals surface area contributed by atoms with Crippen LogP contribution >= 0.6 is 34.7 Å². The molecule has 0 saturated heterocycles. The Balaban J connectivity index is 1.21. The fourth-order valence-corrected chi connectivity index (χ4v) is 5.52. The smallest absolute Gasteiger partial charge is 0.236 e. The fourth-order valence-electron chi connectivity index (χ4n) is 3.90. The predicted octanol–water partition coefficient (Wildman–Crippen LogP) is 6.24. The molecule has 2 aromatic heterocycles. The van der Waals surface area contributed by atoms with Crippen LogP contribution in [0.5, 0.6) is 0 Å². The number of carbonyl (C=O) groups excluding carboxylic acids is 1. The van der Waals surface area contributed by atoms with Crippen LogP contribution in [-0.2, 0) is 11.3 Å². The van der Waals surface area contributed by atoms with Crippen LogP contribution in [0.15, 0.2) is 77.8 Å². The molecule has 2 atom stereocenters. The Labute approximate surface area is 211 Å². The molecule has 4 aromatic rings. The topological polar surface area (TPSA) is 72.7 Å². The van der Waals surface area contributed by atoms with E-state index in [0.29, 0.717) is 28.5 Å². The Morgan fingerprint density at radius 2 is 1.97 bits per heavy atom. The van der Waals surface area contributed by atoms with Crippen LogP contribution in [0.4, 0.5) is 5.13 Å². The lowest BCUT2D eigenvalue weighted by Gasteiger charge is -2.07. The van der Waals surface area contributed by atoms with Gasteiger partial charge in [0.25, 0.3) is 0 Å². The highest BCUT2D eigenvalue weighted by atomic mass is 35.5. The van der Waals surface area contributed by atoms with E-state index in [1.807, 2.05) is 41.8 Å². The lowest BCUT2D eigenvalue weighted by molar-refractivity contribution is -0.113. The van der Waals surface area contributed by atoms with Gasteiger partial charge in [-0.05, 0) is 30.0 Å². The molecule has 1 saturated carbocycles. The van der Waals surface area contributed by atoms with Gasteiger partial charge in [0, 0.05) is 28.4 Å². The molecule has 5 rings (SSSR count). The van der Waals surface area contributed by atoms with Gasteiger partial charge >= 0.3 is 0 Å². The summed E-state index contributed by atoms with van der Waals surface area (Å²) in [6.45, 7) is 4.49. The largest absolute Gasteiger partial charge is 0.302 e. The first-order valence-corrected chi connectivity index (χ1v) is 13.1. The molecular formula is C25H22ClN5OS2. The monoisotopic (exact) mass is 507 g/mol. The number of aromatic nitrogens is 4. The highest BCUT2D eigenvalue weighted by Gasteiger charge is 2.43. The lowest BCUT2D eigenvalue weighted by Crippen LogP contribution is -2.14. The summed E-state index contributed by atoms with van der Waals surface area (Å²) in [7, 11) is 0. The summed E-state index contributed by atoms with van der Waals surface area (Å²) in [5, 5.41) is 15.6. The minimum Gasteiger partial charge on any atom is -0.302 e. The SMILES string of the molecule is C=CCn1c(SCC(=O)Nc2nc(-c3ccc(Cl)cc3)cs2)nnc1C1CC1c1ccccc1. The first-order chi connectivity index (χ1) is 16.6. The molecule has 34 heavy (non-hydrogen) atoms. The summed E-state index contributed by atoms with van der Waals surface area (Å²) in [6.07, 6.45) is 2.90. The number of hydrogen-bond donors (Lipinski definition) is 1. The van der Waals surface area contributed by atoms with Crippen LogP contribution in [0.2, 0.25) is 5.02 Å². The van der Waals surface area contributed by atoms with Crippen molar-refractivity contribution in [3.8, 4) is 11.3 Å². The molecule has 2 unspecified atom stereocenters. The van der Waals surface area contributed by atoms with Crippen molar-refractivity contribution in [1.82, 2.24) is 19.7 Å². The third-order valence-electron chi connectivity index (χ3n) is 5.63. The van der Waals surface area contributed by atoms with Crippen molar-refractivity contribution in [2.45, 2.75) is 30.0 Å². The van der Waals surface area contributed by atoms with Crippen molar-refractivity contribution in [2.75, 3.05) is 11.1 Å². The second-order valence-electron chi connectivity index (χ2n) is 7.98. The van der Waals surface area contributed by atoms with Crippen LogP contribution < -0.4 is 5.32 Å². The average molecular weight is 508 g/mol. The van der Waals surface area contributed by atoms with E-state index in [0.717, 1.165) is 28.7 Å². The van der Waals surface area contributed by atoms with Crippen LogP contribution in [0.3, 0.4) is 0 Å². The summed E-state index contributed by atoms with van der Waals surface area (Å²) >= 11 is 8.72. The number of thioether (sulfide) groups is 1. The van der Waals surface area contributed by atoms with Gasteiger partial charge in [0.15, 0.2) is 10.3 Å². The second-order valence-corrected chi connectivity index (χ2v) is 10.2. The van der Waals surface area contributed by atoms with Gasteiger partial charge in [0.05, 0.1) is 11.4 Å². The molecule has 1 aliphatic rings. The van der Waals surface area contributed by atoms with E-state index in [-0.39, 0.29) is 11.7 Å². The van der Waals surface area contributed by atoms with Crippen molar-refractivity contribution in [1.29, 1.82) is 0 Å². The molecule has 0 aliphatic heterocycles. The number of amides is 1. The van der Waals surface area contributed by atoms with E-state index in [9.17, 15) is 4.79 Å². The fraction of sp³-hybridized carbons (Fsp3) is 0.200. The quantitative estimate of drug-likeness (QED) is 0.214. The number of halogens is 1. The summed E-state index contributed by atoms with van der Waals surface area (Å²) in [5.74, 6) is 1.86. The molecular weight excluding hydrogens is 486 g/mol. The highest BCUT2D eigenvalue weighted by molar-refractivity contribution is 7.99. The van der Waals surface area contributed by atoms with Crippen LogP contribution in [-0.4, -0.2) is 31.4 Å². The van der Waals surface area contributed by atoms with E-state index >= 15 is 0 Å². The molecule has 6 nitrogen and oxygen atoms in total. The molecule has 2 aromatic carbocycles. The van der Waals surface area contributed by atoms with Gasteiger partial charge in [0.1, 0.15) is 5.82 Å². The van der Waals surface area contributed by atoms with Gasteiger partial charge in [-0.2, -0.15) is 0 Å². The Hall–Kier alpha value is -2.94. The maximum atomic E-state index is 12.6. The summed E-state index contributed by atoms with van der Waals surface area (Å²) in [5.41, 5.74) is 3.09. The normalized spacial score (nSPS) is 16.9. The first kappa shape index (κ1) is 22.8. The molecule has 172 valence electrons. The number of anilines is 1. The summed E-state index contributed by atoms with van der Waals surface area (Å²) < 4.78 is 2.07. The Morgan fingerprint density at radius 3 is 2.74 bits per heavy atom. The first-order valence-electron chi connectivity index (χ1n) is 10.9. The van der Waals surface area contributed by atoms with E-state index in [2.05, 4.69) is 55.9 Å². The van der Waals surface area contributed by atoms with Crippen molar-refractivity contribution in [3.05, 3.63) is 89.0 Å². The summed E-state index contributed by atoms with van der Waals surface area (Å²) in [4.78, 5) is 17.1. The Kier molecular flexibility index (Phi) is 6.80. The van der Waals surface area contributed by atoms with Crippen molar-refractivity contribution in [3.63, 3.8) is 0 Å². The van der Waals surface area contributed by atoms with Gasteiger partial charge in [0.2, 0.25) is 5.91 Å². The molecule has 2 heterocycles. The predicted molar refractivity (Wildman–Crippen MR) is 139 cm³/mol. The van der Waals surface area contributed by atoms with Crippen LogP contribution in [0, 0.1) is 0 Å². The number of nitrogens with zero attached hydrogens (tertiary/aromatic N) is 4. The number of thiazole rings is 1. The Morgan fingerprint density at radius 1 is 1.18 bits per heavy atom. The number of hydrogen-bond acceptors (Lipinski definition) is 6. The molecule has 1 aliphatic carbocycles. The average Bonchev–Trinajstić information content (AvgIpc) is 3.34. The van der Waals surface area contributed by atoms with Crippen LogP contribution in [0.1, 0.15) is 29.6 Å². The maximum Gasteiger partial charge on any atom is 0.236 e. The van der Waals surface area contributed by atoms with E-state index in [1.54, 1.807) is 0 Å². The van der Waals surface area contributed by atoms with Crippen molar-refractivity contribution < 1.29 is 4.79 Å². The number of allylic oxidation sites excluding steroid dienone is 1. The van der Waals surface area contributed by atoms with Gasteiger partial charge < -0.3 is 9.88 Å². The van der Waals surface area contributed by atoms with Gasteiger partial charge in [-0.1, -0.05) is 71.9 Å². The van der Waals surface area contributed by atoms with Gasteiger partial charge in [-0.25, -0.2) is 4.98 Å². The highest BCUT2D eigenvalue weighted by Crippen LogP contribution is 2.54. The van der Waals surface area contributed by atoms with Crippen molar-refractivity contribution in [2.24, 2.45) is 0 Å². The molecule has 1 fully saturated rings. The molecule has 1 N–H and O–H groups in total. The standard InChI is InChI=1S/C25H22ClN5OS2/c1-2-12-31-23(20-13-19(20)16-6-4-3-5-7-16)29-30-25(31)34-15-22(32)28-24-27-21(14-33-24)17-8-10-18(26)11-9-17/h2-11,14,19-20H,1,12-13,15H2,(H,27,28,32).